The molecule has 0 aromatic heterocycles. The number of carbonyl (C=O) groups excluding carboxylic acids is 1. The first-order valence-corrected chi connectivity index (χ1v) is 13.0. The molecule has 1 aliphatic carbocycles. The van der Waals surface area contributed by atoms with Crippen molar-refractivity contribution in [1.29, 1.82) is 0 Å². The number of nitrogens with one attached hydrogen (secondary N) is 1. The van der Waals surface area contributed by atoms with Gasteiger partial charge < -0.3 is 10.1 Å². The van der Waals surface area contributed by atoms with Crippen molar-refractivity contribution in [2.75, 3.05) is 11.9 Å². The third-order valence-corrected chi connectivity index (χ3v) is 7.30. The highest BCUT2D eigenvalue weighted by Gasteiger charge is 2.37. The van der Waals surface area contributed by atoms with Crippen LogP contribution in [0, 0.1) is 0 Å². The van der Waals surface area contributed by atoms with Crippen LogP contribution in [0.3, 0.4) is 0 Å². The molecule has 6 heteroatoms. The monoisotopic (exact) mass is 509 g/mol. The molecule has 0 heterocycles. The second-order valence-electron chi connectivity index (χ2n) is 9.96. The quantitative estimate of drug-likeness (QED) is 0.310. The number of carbonyl (C=O) groups is 1. The fourth-order valence-corrected chi connectivity index (χ4v) is 5.31. The van der Waals surface area contributed by atoms with E-state index in [0.29, 0.717) is 12.0 Å². The summed E-state index contributed by atoms with van der Waals surface area (Å²) in [5.41, 5.74) is 4.05. The van der Waals surface area contributed by atoms with Crippen molar-refractivity contribution in [2.45, 2.75) is 70.5 Å². The van der Waals surface area contributed by atoms with Gasteiger partial charge in [-0.15, -0.1) is 0 Å². The second kappa shape index (κ2) is 11.0. The summed E-state index contributed by atoms with van der Waals surface area (Å²) in [4.78, 5) is 13.2. The Morgan fingerprint density at radius 3 is 2.38 bits per heavy atom. The highest BCUT2D eigenvalue weighted by Crippen LogP contribution is 2.39. The van der Waals surface area contributed by atoms with Gasteiger partial charge in [-0.25, -0.2) is 0 Å². The lowest BCUT2D eigenvalue weighted by Gasteiger charge is -2.31. The molecule has 0 saturated heterocycles. The molecule has 37 heavy (non-hydrogen) atoms. The molecule has 0 saturated carbocycles. The van der Waals surface area contributed by atoms with E-state index in [2.05, 4.69) is 23.5 Å². The summed E-state index contributed by atoms with van der Waals surface area (Å²) < 4.78 is 45.0. The van der Waals surface area contributed by atoms with Crippen LogP contribution in [0.5, 0.6) is 0 Å². The maximum Gasteiger partial charge on any atom is 0.416 e. The minimum atomic E-state index is -4.40. The molecule has 0 fully saturated rings. The summed E-state index contributed by atoms with van der Waals surface area (Å²) >= 11 is 0. The van der Waals surface area contributed by atoms with Gasteiger partial charge in [-0.2, -0.15) is 13.2 Å². The number of anilines is 1. The molecule has 1 aliphatic rings. The SMILES string of the molecule is CCCC(C)(C(=O)OCC)c1cc(NC2CCCc3ccccc32)cc(-c2ccc(C(F)(F)F)cc2)c1. The normalized spacial score (nSPS) is 17.0. The van der Waals surface area contributed by atoms with Crippen molar-refractivity contribution in [3.8, 4) is 11.1 Å². The Labute approximate surface area is 217 Å². The van der Waals surface area contributed by atoms with Crippen LogP contribution in [0.25, 0.3) is 11.1 Å². The lowest BCUT2D eigenvalue weighted by molar-refractivity contribution is -0.149. The fraction of sp³-hybridized carbons (Fsp3) is 0.387. The maximum absolute atomic E-state index is 13.2. The molecule has 1 N–H and O–H groups in total. The van der Waals surface area contributed by atoms with Crippen LogP contribution in [0.4, 0.5) is 18.9 Å². The van der Waals surface area contributed by atoms with Gasteiger partial charge in [0.25, 0.3) is 0 Å². The zero-order chi connectivity index (χ0) is 26.6. The molecule has 0 amide bonds. The molecule has 2 atom stereocenters. The first-order valence-electron chi connectivity index (χ1n) is 13.0. The third kappa shape index (κ3) is 5.84. The Morgan fingerprint density at radius 1 is 0.973 bits per heavy atom. The Bertz CT molecular complexity index is 1240. The molecule has 0 spiro atoms. The molecule has 3 aromatic carbocycles. The largest absolute Gasteiger partial charge is 0.465 e. The highest BCUT2D eigenvalue weighted by molar-refractivity contribution is 5.84. The van der Waals surface area contributed by atoms with Gasteiger partial charge in [-0.1, -0.05) is 49.7 Å². The van der Waals surface area contributed by atoms with Gasteiger partial charge in [0.15, 0.2) is 0 Å². The number of benzene rings is 3. The lowest BCUT2D eigenvalue weighted by atomic mass is 9.77. The average Bonchev–Trinajstić information content (AvgIpc) is 2.88. The van der Waals surface area contributed by atoms with Crippen LogP contribution >= 0.6 is 0 Å². The third-order valence-electron chi connectivity index (χ3n) is 7.30. The Kier molecular flexibility index (Phi) is 7.96. The predicted molar refractivity (Wildman–Crippen MR) is 142 cm³/mol. The van der Waals surface area contributed by atoms with Gasteiger partial charge in [0.2, 0.25) is 0 Å². The molecular weight excluding hydrogens is 475 g/mol. The van der Waals surface area contributed by atoms with Crippen LogP contribution < -0.4 is 5.32 Å². The molecule has 3 aromatic rings. The molecule has 0 bridgehead atoms. The lowest BCUT2D eigenvalue weighted by Crippen LogP contribution is -2.34. The van der Waals surface area contributed by atoms with Crippen molar-refractivity contribution < 1.29 is 22.7 Å². The minimum Gasteiger partial charge on any atom is -0.465 e. The van der Waals surface area contributed by atoms with Gasteiger partial charge in [0.05, 0.1) is 23.6 Å². The summed E-state index contributed by atoms with van der Waals surface area (Å²) in [6.45, 7) is 5.98. The molecular formula is C31H34F3NO2. The first-order chi connectivity index (χ1) is 17.7. The summed E-state index contributed by atoms with van der Waals surface area (Å²) in [5, 5.41) is 3.68. The zero-order valence-electron chi connectivity index (χ0n) is 21.6. The number of alkyl halides is 3. The number of aryl methyl sites for hydroxylation is 1. The van der Waals surface area contributed by atoms with E-state index in [-0.39, 0.29) is 18.6 Å². The molecule has 0 radical (unpaired) electrons. The van der Waals surface area contributed by atoms with Crippen LogP contribution in [0.1, 0.15) is 74.8 Å². The van der Waals surface area contributed by atoms with Crippen molar-refractivity contribution >= 4 is 11.7 Å². The maximum atomic E-state index is 13.2. The Morgan fingerprint density at radius 2 is 1.70 bits per heavy atom. The van der Waals surface area contributed by atoms with Crippen molar-refractivity contribution in [3.63, 3.8) is 0 Å². The summed E-state index contributed by atoms with van der Waals surface area (Å²) in [7, 11) is 0. The van der Waals surface area contributed by atoms with Crippen molar-refractivity contribution in [2.24, 2.45) is 0 Å². The van der Waals surface area contributed by atoms with E-state index in [0.717, 1.165) is 54.6 Å². The van der Waals surface area contributed by atoms with E-state index >= 15 is 0 Å². The van der Waals surface area contributed by atoms with Crippen LogP contribution in [0.2, 0.25) is 0 Å². The average molecular weight is 510 g/mol. The molecule has 196 valence electrons. The Balaban J connectivity index is 1.80. The van der Waals surface area contributed by atoms with E-state index in [1.807, 2.05) is 38.1 Å². The van der Waals surface area contributed by atoms with Gasteiger partial charge in [-0.3, -0.25) is 4.79 Å². The fourth-order valence-electron chi connectivity index (χ4n) is 5.31. The zero-order valence-corrected chi connectivity index (χ0v) is 21.6. The van der Waals surface area contributed by atoms with Crippen LogP contribution in [0.15, 0.2) is 66.7 Å². The number of hydrogen-bond acceptors (Lipinski definition) is 3. The van der Waals surface area contributed by atoms with Gasteiger partial charge in [-0.05, 0) is 97.7 Å². The smallest absolute Gasteiger partial charge is 0.416 e. The van der Waals surface area contributed by atoms with E-state index in [4.69, 9.17) is 4.74 Å². The molecule has 2 unspecified atom stereocenters. The number of rotatable bonds is 8. The van der Waals surface area contributed by atoms with Crippen LogP contribution in [-0.4, -0.2) is 12.6 Å². The van der Waals surface area contributed by atoms with E-state index in [9.17, 15) is 18.0 Å². The van der Waals surface area contributed by atoms with Gasteiger partial charge in [0, 0.05) is 5.69 Å². The Hall–Kier alpha value is -3.28. The molecule has 3 nitrogen and oxygen atoms in total. The summed E-state index contributed by atoms with van der Waals surface area (Å²) in [6, 6.07) is 19.6. The number of esters is 1. The topological polar surface area (TPSA) is 38.3 Å². The van der Waals surface area contributed by atoms with Crippen LogP contribution in [-0.2, 0) is 27.5 Å². The van der Waals surface area contributed by atoms with Crippen molar-refractivity contribution in [1.82, 2.24) is 0 Å². The summed E-state index contributed by atoms with van der Waals surface area (Å²) in [6.07, 6.45) is 0.0533. The minimum absolute atomic E-state index is 0.112. The number of fused-ring (bicyclic) bond motifs is 1. The van der Waals surface area contributed by atoms with Gasteiger partial charge in [0.1, 0.15) is 0 Å². The van der Waals surface area contributed by atoms with Crippen molar-refractivity contribution in [3.05, 3.63) is 89.0 Å². The van der Waals surface area contributed by atoms with Gasteiger partial charge >= 0.3 is 12.1 Å². The molecule has 0 aliphatic heterocycles. The molecule has 4 rings (SSSR count). The number of hydrogen-bond donors (Lipinski definition) is 1. The standard InChI is InChI=1S/C31H34F3NO2/c1-4-17-30(3,29(36)37-5-2)25-18-23(21-13-15-24(16-14-21)31(32,33)34)19-26(20-25)35-28-12-8-10-22-9-6-7-11-27(22)28/h6-7,9,11,13-16,18-20,28,35H,4-5,8,10,12,17H2,1-3H3. The summed E-state index contributed by atoms with van der Waals surface area (Å²) in [5.74, 6) is -0.296. The van der Waals surface area contributed by atoms with E-state index in [1.165, 1.54) is 23.3 Å². The number of ether oxygens (including phenoxy) is 1. The van der Waals surface area contributed by atoms with E-state index < -0.39 is 17.2 Å². The second-order valence-corrected chi connectivity index (χ2v) is 9.96. The number of halogens is 3. The highest BCUT2D eigenvalue weighted by atomic mass is 19.4. The van der Waals surface area contributed by atoms with E-state index in [1.54, 1.807) is 6.92 Å². The predicted octanol–water partition coefficient (Wildman–Crippen LogP) is 8.48. The first kappa shape index (κ1) is 26.8.